The van der Waals surface area contributed by atoms with E-state index in [-0.39, 0.29) is 23.1 Å². The number of rotatable bonds is 5. The number of esters is 1. The maximum absolute atomic E-state index is 12.8. The number of hydrogen-bond acceptors (Lipinski definition) is 4. The number of amides is 1. The largest absolute Gasteiger partial charge is 0.426 e. The third-order valence-corrected chi connectivity index (χ3v) is 4.13. The summed E-state index contributed by atoms with van der Waals surface area (Å²) in [5, 5.41) is 11.5. The van der Waals surface area contributed by atoms with Gasteiger partial charge in [0, 0.05) is 5.69 Å². The Morgan fingerprint density at radius 1 is 1.14 bits per heavy atom. The van der Waals surface area contributed by atoms with E-state index in [0.29, 0.717) is 11.3 Å². The van der Waals surface area contributed by atoms with Crippen LogP contribution >= 0.6 is 0 Å². The summed E-state index contributed by atoms with van der Waals surface area (Å²) in [6.45, 7) is 0. The van der Waals surface area contributed by atoms with Crippen molar-refractivity contribution in [2.75, 3.05) is 5.32 Å². The molecule has 0 saturated heterocycles. The first-order chi connectivity index (χ1) is 13.8. The molecule has 0 spiro atoms. The predicted molar refractivity (Wildman–Crippen MR) is 98.5 cm³/mol. The van der Waals surface area contributed by atoms with Crippen molar-refractivity contribution in [2.45, 2.75) is 19.0 Å². The maximum atomic E-state index is 12.8. The number of nitriles is 1. The summed E-state index contributed by atoms with van der Waals surface area (Å²) < 4.78 is 43.5. The number of carbonyl (C=O) groups excluding carboxylic acids is 2. The molecule has 1 N–H and O–H groups in total. The Balaban J connectivity index is 1.70. The average Bonchev–Trinajstić information content (AvgIpc) is 3.52. The highest BCUT2D eigenvalue weighted by Gasteiger charge is 2.32. The van der Waals surface area contributed by atoms with Gasteiger partial charge in [0.1, 0.15) is 17.4 Å². The van der Waals surface area contributed by atoms with Crippen LogP contribution < -0.4 is 10.1 Å². The lowest BCUT2D eigenvalue weighted by molar-refractivity contribution is -0.137. The van der Waals surface area contributed by atoms with Crippen LogP contribution in [0.5, 0.6) is 5.75 Å². The van der Waals surface area contributed by atoms with Crippen molar-refractivity contribution in [1.29, 1.82) is 5.26 Å². The smallest absolute Gasteiger partial charge is 0.416 e. The fraction of sp³-hybridized carbons (Fsp3) is 0.190. The van der Waals surface area contributed by atoms with Crippen LogP contribution in [0, 0.1) is 17.2 Å². The molecule has 0 unspecified atom stereocenters. The van der Waals surface area contributed by atoms with Crippen LogP contribution in [-0.2, 0) is 15.8 Å². The number of alkyl halides is 3. The minimum absolute atomic E-state index is 0.0423. The highest BCUT2D eigenvalue weighted by atomic mass is 19.4. The summed E-state index contributed by atoms with van der Waals surface area (Å²) in [7, 11) is 0. The lowest BCUT2D eigenvalue weighted by Crippen LogP contribution is -2.14. The summed E-state index contributed by atoms with van der Waals surface area (Å²) in [4.78, 5) is 23.9. The zero-order valence-corrected chi connectivity index (χ0v) is 15.0. The van der Waals surface area contributed by atoms with Crippen LogP contribution in [0.3, 0.4) is 0 Å². The first-order valence-electron chi connectivity index (χ1n) is 8.68. The van der Waals surface area contributed by atoms with E-state index >= 15 is 0 Å². The molecule has 0 aliphatic heterocycles. The molecule has 1 amide bonds. The van der Waals surface area contributed by atoms with Crippen LogP contribution in [0.1, 0.15) is 24.0 Å². The molecule has 1 aliphatic carbocycles. The Morgan fingerprint density at radius 2 is 1.83 bits per heavy atom. The molecule has 8 heteroatoms. The van der Waals surface area contributed by atoms with Gasteiger partial charge in [-0.3, -0.25) is 9.59 Å². The standard InChI is InChI=1S/C21H15F3N2O3/c22-21(23,24)16-2-1-3-17(11-16)26-19(27)15(12-25)10-13-4-8-18(9-5-13)29-20(28)14-6-7-14/h1-5,8-11,14H,6-7H2,(H,26,27). The van der Waals surface area contributed by atoms with Crippen molar-refractivity contribution in [1.82, 2.24) is 0 Å². The molecule has 1 aliphatic rings. The Kier molecular flexibility index (Phi) is 5.69. The zero-order chi connectivity index (χ0) is 21.0. The number of hydrogen-bond donors (Lipinski definition) is 1. The Bertz CT molecular complexity index is 1000. The number of ether oxygens (including phenoxy) is 1. The van der Waals surface area contributed by atoms with Gasteiger partial charge in [-0.1, -0.05) is 18.2 Å². The SMILES string of the molecule is N#CC(=Cc1ccc(OC(=O)C2CC2)cc1)C(=O)Nc1cccc(C(F)(F)F)c1. The molecule has 5 nitrogen and oxygen atoms in total. The highest BCUT2D eigenvalue weighted by molar-refractivity contribution is 6.09. The molecule has 0 aromatic heterocycles. The Hall–Kier alpha value is -3.60. The molecule has 0 bridgehead atoms. The van der Waals surface area contributed by atoms with Crippen LogP contribution in [-0.4, -0.2) is 11.9 Å². The van der Waals surface area contributed by atoms with Crippen LogP contribution in [0.4, 0.5) is 18.9 Å². The molecular formula is C21H15F3N2O3. The van der Waals surface area contributed by atoms with Gasteiger partial charge in [-0.25, -0.2) is 0 Å². The molecule has 2 aromatic rings. The molecule has 0 radical (unpaired) electrons. The molecule has 1 saturated carbocycles. The van der Waals surface area contributed by atoms with Crippen molar-refractivity contribution < 1.29 is 27.5 Å². The topological polar surface area (TPSA) is 79.2 Å². The van der Waals surface area contributed by atoms with E-state index in [1.165, 1.54) is 24.3 Å². The number of anilines is 1. The third-order valence-electron chi connectivity index (χ3n) is 4.13. The van der Waals surface area contributed by atoms with Crippen molar-refractivity contribution in [3.05, 3.63) is 65.2 Å². The lowest BCUT2D eigenvalue weighted by atomic mass is 10.1. The summed E-state index contributed by atoms with van der Waals surface area (Å²) >= 11 is 0. The Labute approximate surface area is 164 Å². The van der Waals surface area contributed by atoms with Crippen molar-refractivity contribution >= 4 is 23.6 Å². The first kappa shape index (κ1) is 20.1. The molecule has 148 valence electrons. The van der Waals surface area contributed by atoms with Crippen molar-refractivity contribution in [3.63, 3.8) is 0 Å². The highest BCUT2D eigenvalue weighted by Crippen LogP contribution is 2.31. The average molecular weight is 400 g/mol. The van der Waals surface area contributed by atoms with Crippen LogP contribution in [0.2, 0.25) is 0 Å². The second-order valence-electron chi connectivity index (χ2n) is 6.47. The number of benzene rings is 2. The van der Waals surface area contributed by atoms with Gasteiger partial charge in [0.25, 0.3) is 5.91 Å². The number of nitrogens with one attached hydrogen (secondary N) is 1. The molecule has 29 heavy (non-hydrogen) atoms. The normalized spacial score (nSPS) is 14.1. The van der Waals surface area contributed by atoms with E-state index in [0.717, 1.165) is 31.0 Å². The van der Waals surface area contributed by atoms with E-state index < -0.39 is 17.6 Å². The third kappa shape index (κ3) is 5.45. The van der Waals surface area contributed by atoms with E-state index in [1.54, 1.807) is 18.2 Å². The van der Waals surface area contributed by atoms with E-state index in [2.05, 4.69) is 5.32 Å². The zero-order valence-electron chi connectivity index (χ0n) is 15.0. The first-order valence-corrected chi connectivity index (χ1v) is 8.68. The number of carbonyl (C=O) groups is 2. The van der Waals surface area contributed by atoms with Gasteiger partial charge in [-0.15, -0.1) is 0 Å². The number of nitrogens with zero attached hydrogens (tertiary/aromatic N) is 1. The molecule has 2 aromatic carbocycles. The van der Waals surface area contributed by atoms with Gasteiger partial charge < -0.3 is 10.1 Å². The Morgan fingerprint density at radius 3 is 2.41 bits per heavy atom. The van der Waals surface area contributed by atoms with Gasteiger partial charge >= 0.3 is 12.1 Å². The molecule has 0 heterocycles. The van der Waals surface area contributed by atoms with Gasteiger partial charge in [-0.05, 0) is 54.8 Å². The summed E-state index contributed by atoms with van der Waals surface area (Å²) in [6, 6.07) is 12.0. The van der Waals surface area contributed by atoms with E-state index in [1.807, 2.05) is 0 Å². The minimum Gasteiger partial charge on any atom is -0.426 e. The number of halogens is 3. The van der Waals surface area contributed by atoms with Gasteiger partial charge in [0.2, 0.25) is 0 Å². The fourth-order valence-corrected chi connectivity index (χ4v) is 2.44. The predicted octanol–water partition coefficient (Wildman–Crippen LogP) is 4.57. The van der Waals surface area contributed by atoms with Gasteiger partial charge in [0.15, 0.2) is 0 Å². The second kappa shape index (κ2) is 8.19. The van der Waals surface area contributed by atoms with E-state index in [9.17, 15) is 28.0 Å². The quantitative estimate of drug-likeness (QED) is 0.345. The van der Waals surface area contributed by atoms with Gasteiger partial charge in [0.05, 0.1) is 11.5 Å². The fourth-order valence-electron chi connectivity index (χ4n) is 2.44. The monoisotopic (exact) mass is 400 g/mol. The van der Waals surface area contributed by atoms with Crippen LogP contribution in [0.25, 0.3) is 6.08 Å². The van der Waals surface area contributed by atoms with Crippen molar-refractivity contribution in [2.24, 2.45) is 5.92 Å². The second-order valence-corrected chi connectivity index (χ2v) is 6.47. The lowest BCUT2D eigenvalue weighted by Gasteiger charge is -2.09. The van der Waals surface area contributed by atoms with Crippen molar-refractivity contribution in [3.8, 4) is 11.8 Å². The van der Waals surface area contributed by atoms with Crippen LogP contribution in [0.15, 0.2) is 54.1 Å². The minimum atomic E-state index is -4.54. The molecule has 3 rings (SSSR count). The summed E-state index contributed by atoms with van der Waals surface area (Å²) in [5.41, 5.74) is -0.778. The molecular weight excluding hydrogens is 385 g/mol. The summed E-state index contributed by atoms with van der Waals surface area (Å²) in [6.07, 6.45) is -1.60. The molecule has 1 fully saturated rings. The summed E-state index contributed by atoms with van der Waals surface area (Å²) in [5.74, 6) is -0.812. The van der Waals surface area contributed by atoms with Gasteiger partial charge in [-0.2, -0.15) is 18.4 Å². The van der Waals surface area contributed by atoms with E-state index in [4.69, 9.17) is 4.74 Å². The maximum Gasteiger partial charge on any atom is 0.416 e. The molecule has 0 atom stereocenters.